The van der Waals surface area contributed by atoms with Crippen LogP contribution < -0.4 is 5.32 Å². The summed E-state index contributed by atoms with van der Waals surface area (Å²) in [5.41, 5.74) is 2.31. The van der Waals surface area contributed by atoms with Gasteiger partial charge < -0.3 is 14.5 Å². The molecular formula is C18H27NO2. The van der Waals surface area contributed by atoms with Crippen LogP contribution in [0.2, 0.25) is 0 Å². The number of furan rings is 1. The van der Waals surface area contributed by atoms with E-state index in [1.54, 1.807) is 7.11 Å². The van der Waals surface area contributed by atoms with E-state index in [0.717, 1.165) is 37.3 Å². The third-order valence-corrected chi connectivity index (χ3v) is 3.97. The molecule has 1 aromatic carbocycles. The first-order chi connectivity index (χ1) is 10.3. The highest BCUT2D eigenvalue weighted by atomic mass is 16.5. The van der Waals surface area contributed by atoms with Gasteiger partial charge in [0.05, 0.1) is 6.61 Å². The van der Waals surface area contributed by atoms with E-state index in [1.165, 1.54) is 23.8 Å². The topological polar surface area (TPSA) is 34.4 Å². The fourth-order valence-corrected chi connectivity index (χ4v) is 2.65. The highest BCUT2D eigenvalue weighted by Gasteiger charge is 2.14. The van der Waals surface area contributed by atoms with Crippen molar-refractivity contribution >= 4 is 11.0 Å². The molecular weight excluding hydrogens is 262 g/mol. The Hall–Kier alpha value is -1.32. The van der Waals surface area contributed by atoms with Crippen molar-refractivity contribution in [2.24, 2.45) is 0 Å². The molecule has 0 amide bonds. The molecule has 0 spiro atoms. The minimum Gasteiger partial charge on any atom is -0.461 e. The number of benzene rings is 1. The Balaban J connectivity index is 2.18. The predicted octanol–water partition coefficient (Wildman–Crippen LogP) is 4.29. The number of rotatable bonds is 9. The Morgan fingerprint density at radius 1 is 1.24 bits per heavy atom. The van der Waals surface area contributed by atoms with E-state index in [9.17, 15) is 0 Å². The van der Waals surface area contributed by atoms with Gasteiger partial charge in [0.2, 0.25) is 0 Å². The van der Waals surface area contributed by atoms with E-state index in [0.29, 0.717) is 6.04 Å². The lowest BCUT2D eigenvalue weighted by Gasteiger charge is -2.16. The van der Waals surface area contributed by atoms with Gasteiger partial charge >= 0.3 is 0 Å². The van der Waals surface area contributed by atoms with Gasteiger partial charge in [-0.1, -0.05) is 38.5 Å². The number of unbranched alkanes of at least 4 members (excludes halogenated alkanes) is 1. The van der Waals surface area contributed by atoms with Gasteiger partial charge in [-0.3, -0.25) is 0 Å². The SMILES string of the molecule is CCCCc1oc2ccccc2c1CNC(CC)COC. The van der Waals surface area contributed by atoms with Crippen molar-refractivity contribution in [1.29, 1.82) is 0 Å². The second-order valence-electron chi connectivity index (χ2n) is 5.54. The Morgan fingerprint density at radius 2 is 2.05 bits per heavy atom. The molecule has 0 radical (unpaired) electrons. The molecule has 3 nitrogen and oxygen atoms in total. The molecule has 0 bridgehead atoms. The molecule has 1 atom stereocenters. The van der Waals surface area contributed by atoms with Crippen LogP contribution >= 0.6 is 0 Å². The number of para-hydroxylation sites is 1. The van der Waals surface area contributed by atoms with Crippen molar-refractivity contribution < 1.29 is 9.15 Å². The smallest absolute Gasteiger partial charge is 0.134 e. The summed E-state index contributed by atoms with van der Waals surface area (Å²) in [7, 11) is 1.75. The van der Waals surface area contributed by atoms with Crippen LogP contribution in [0.5, 0.6) is 0 Å². The first-order valence-corrected chi connectivity index (χ1v) is 8.01. The van der Waals surface area contributed by atoms with Crippen LogP contribution in [-0.2, 0) is 17.7 Å². The molecule has 2 aromatic rings. The Labute approximate surface area is 127 Å². The van der Waals surface area contributed by atoms with E-state index in [2.05, 4.69) is 37.4 Å². The first-order valence-electron chi connectivity index (χ1n) is 8.01. The number of aryl methyl sites for hydroxylation is 1. The van der Waals surface area contributed by atoms with Crippen LogP contribution in [0.15, 0.2) is 28.7 Å². The van der Waals surface area contributed by atoms with Gasteiger partial charge in [0, 0.05) is 37.1 Å². The number of methoxy groups -OCH3 is 1. The maximum Gasteiger partial charge on any atom is 0.134 e. The van der Waals surface area contributed by atoms with Gasteiger partial charge in [0.1, 0.15) is 11.3 Å². The van der Waals surface area contributed by atoms with Gasteiger partial charge in [0.25, 0.3) is 0 Å². The minimum atomic E-state index is 0.391. The number of ether oxygens (including phenoxy) is 1. The largest absolute Gasteiger partial charge is 0.461 e. The average molecular weight is 289 g/mol. The molecule has 21 heavy (non-hydrogen) atoms. The summed E-state index contributed by atoms with van der Waals surface area (Å²) in [6.07, 6.45) is 4.43. The first kappa shape index (κ1) is 16.1. The number of hydrogen-bond acceptors (Lipinski definition) is 3. The standard InChI is InChI=1S/C18H27NO2/c1-4-6-10-18-16(12-19-14(5-2)13-20-3)15-9-7-8-11-17(15)21-18/h7-9,11,14,19H,4-6,10,12-13H2,1-3H3. The molecule has 0 fully saturated rings. The molecule has 0 saturated heterocycles. The van der Waals surface area contributed by atoms with Crippen LogP contribution in [-0.4, -0.2) is 19.8 Å². The molecule has 1 aromatic heterocycles. The van der Waals surface area contributed by atoms with Crippen molar-refractivity contribution in [3.63, 3.8) is 0 Å². The Bertz CT molecular complexity index is 547. The molecule has 0 saturated carbocycles. The monoisotopic (exact) mass is 289 g/mol. The summed E-state index contributed by atoms with van der Waals surface area (Å²) in [5.74, 6) is 1.14. The maximum absolute atomic E-state index is 6.06. The van der Waals surface area contributed by atoms with E-state index in [4.69, 9.17) is 9.15 Å². The van der Waals surface area contributed by atoms with Crippen molar-refractivity contribution in [2.45, 2.75) is 52.1 Å². The van der Waals surface area contributed by atoms with Crippen molar-refractivity contribution in [1.82, 2.24) is 5.32 Å². The molecule has 1 heterocycles. The zero-order valence-corrected chi connectivity index (χ0v) is 13.4. The molecule has 2 rings (SSSR count). The minimum absolute atomic E-state index is 0.391. The van der Waals surface area contributed by atoms with Gasteiger partial charge in [-0.25, -0.2) is 0 Å². The molecule has 0 aliphatic heterocycles. The molecule has 0 aliphatic rings. The van der Waals surface area contributed by atoms with Crippen molar-refractivity contribution in [2.75, 3.05) is 13.7 Å². The van der Waals surface area contributed by atoms with Gasteiger partial charge in [0.15, 0.2) is 0 Å². The maximum atomic E-state index is 6.06. The summed E-state index contributed by atoms with van der Waals surface area (Å²) in [6, 6.07) is 8.72. The van der Waals surface area contributed by atoms with E-state index in [-0.39, 0.29) is 0 Å². The summed E-state index contributed by atoms with van der Waals surface area (Å²) >= 11 is 0. The zero-order valence-electron chi connectivity index (χ0n) is 13.4. The average Bonchev–Trinajstić information content (AvgIpc) is 2.87. The number of hydrogen-bond donors (Lipinski definition) is 1. The molecule has 1 N–H and O–H groups in total. The lowest BCUT2D eigenvalue weighted by molar-refractivity contribution is 0.163. The van der Waals surface area contributed by atoms with Crippen LogP contribution in [0.25, 0.3) is 11.0 Å². The van der Waals surface area contributed by atoms with E-state index in [1.807, 2.05) is 6.07 Å². The summed E-state index contributed by atoms with van der Waals surface area (Å²) in [4.78, 5) is 0. The molecule has 3 heteroatoms. The fourth-order valence-electron chi connectivity index (χ4n) is 2.65. The normalized spacial score (nSPS) is 12.9. The summed E-state index contributed by atoms with van der Waals surface area (Å²) in [6.45, 7) is 5.99. The summed E-state index contributed by atoms with van der Waals surface area (Å²) in [5, 5.41) is 4.84. The van der Waals surface area contributed by atoms with Crippen LogP contribution in [0, 0.1) is 0 Å². The highest BCUT2D eigenvalue weighted by molar-refractivity contribution is 5.82. The van der Waals surface area contributed by atoms with Gasteiger partial charge in [-0.2, -0.15) is 0 Å². The third kappa shape index (κ3) is 4.08. The quantitative estimate of drug-likeness (QED) is 0.748. The molecule has 1 unspecified atom stereocenters. The van der Waals surface area contributed by atoms with Crippen molar-refractivity contribution in [3.05, 3.63) is 35.6 Å². The van der Waals surface area contributed by atoms with Crippen LogP contribution in [0.4, 0.5) is 0 Å². The predicted molar refractivity (Wildman–Crippen MR) is 87.6 cm³/mol. The van der Waals surface area contributed by atoms with Crippen molar-refractivity contribution in [3.8, 4) is 0 Å². The Kier molecular flexibility index (Phi) is 6.27. The number of nitrogens with one attached hydrogen (secondary N) is 1. The highest BCUT2D eigenvalue weighted by Crippen LogP contribution is 2.27. The second-order valence-corrected chi connectivity index (χ2v) is 5.54. The van der Waals surface area contributed by atoms with Gasteiger partial charge in [-0.15, -0.1) is 0 Å². The van der Waals surface area contributed by atoms with E-state index >= 15 is 0 Å². The zero-order chi connectivity index (χ0) is 15.1. The summed E-state index contributed by atoms with van der Waals surface area (Å²) < 4.78 is 11.3. The van der Waals surface area contributed by atoms with Gasteiger partial charge in [-0.05, 0) is 18.9 Å². The second kappa shape index (κ2) is 8.20. The lowest BCUT2D eigenvalue weighted by Crippen LogP contribution is -2.32. The Morgan fingerprint density at radius 3 is 2.76 bits per heavy atom. The third-order valence-electron chi connectivity index (χ3n) is 3.97. The lowest BCUT2D eigenvalue weighted by atomic mass is 10.1. The molecule has 116 valence electrons. The van der Waals surface area contributed by atoms with Crippen LogP contribution in [0.1, 0.15) is 44.4 Å². The molecule has 0 aliphatic carbocycles. The number of fused-ring (bicyclic) bond motifs is 1. The van der Waals surface area contributed by atoms with E-state index < -0.39 is 0 Å². The fraction of sp³-hybridized carbons (Fsp3) is 0.556. The van der Waals surface area contributed by atoms with Crippen LogP contribution in [0.3, 0.4) is 0 Å².